The Morgan fingerprint density at radius 3 is 2.80 bits per heavy atom. The standard InChI is InChI=1S/C20H31N3O2/c1-16(24)18-6-5-10-22(14-18)15-20(25)21-12-17-9-11-23(13-17)19-7-3-2-4-8-19/h2-4,7-8,16-18,24H,5-6,9-15H2,1H3,(H,21,25). The molecule has 0 radical (unpaired) electrons. The SMILES string of the molecule is CC(O)C1CCCN(CC(=O)NCC2CCN(c3ccccc3)C2)C1. The molecule has 2 N–H and O–H groups in total. The van der Waals surface area contributed by atoms with Crippen LogP contribution in [0.5, 0.6) is 0 Å². The van der Waals surface area contributed by atoms with Crippen LogP contribution < -0.4 is 10.2 Å². The lowest BCUT2D eigenvalue weighted by Gasteiger charge is -2.33. The van der Waals surface area contributed by atoms with Gasteiger partial charge in [0.25, 0.3) is 0 Å². The number of nitrogens with one attached hydrogen (secondary N) is 1. The van der Waals surface area contributed by atoms with Crippen molar-refractivity contribution in [3.63, 3.8) is 0 Å². The second-order valence-electron chi connectivity index (χ2n) is 7.62. The monoisotopic (exact) mass is 345 g/mol. The molecule has 0 aromatic heterocycles. The Kier molecular flexibility index (Phi) is 6.32. The van der Waals surface area contributed by atoms with E-state index >= 15 is 0 Å². The number of anilines is 1. The number of aliphatic hydroxyl groups excluding tert-OH is 1. The molecule has 2 heterocycles. The summed E-state index contributed by atoms with van der Waals surface area (Å²) in [6, 6.07) is 10.5. The van der Waals surface area contributed by atoms with Gasteiger partial charge in [-0.15, -0.1) is 0 Å². The smallest absolute Gasteiger partial charge is 0.234 e. The molecule has 0 spiro atoms. The van der Waals surface area contributed by atoms with Crippen LogP contribution in [0, 0.1) is 11.8 Å². The zero-order valence-electron chi connectivity index (χ0n) is 15.2. The highest BCUT2D eigenvalue weighted by atomic mass is 16.3. The molecular weight excluding hydrogens is 314 g/mol. The van der Waals surface area contributed by atoms with Crippen LogP contribution in [0.4, 0.5) is 5.69 Å². The van der Waals surface area contributed by atoms with Gasteiger partial charge in [0, 0.05) is 31.9 Å². The van der Waals surface area contributed by atoms with Gasteiger partial charge < -0.3 is 15.3 Å². The second-order valence-corrected chi connectivity index (χ2v) is 7.62. The van der Waals surface area contributed by atoms with Crippen molar-refractivity contribution in [1.82, 2.24) is 10.2 Å². The van der Waals surface area contributed by atoms with Crippen LogP contribution >= 0.6 is 0 Å². The summed E-state index contributed by atoms with van der Waals surface area (Å²) in [7, 11) is 0. The van der Waals surface area contributed by atoms with Crippen LogP contribution in [0.2, 0.25) is 0 Å². The van der Waals surface area contributed by atoms with E-state index in [0.717, 1.165) is 52.0 Å². The topological polar surface area (TPSA) is 55.8 Å². The van der Waals surface area contributed by atoms with E-state index in [-0.39, 0.29) is 12.0 Å². The number of hydrogen-bond acceptors (Lipinski definition) is 4. The highest BCUT2D eigenvalue weighted by Crippen LogP contribution is 2.23. The molecule has 0 saturated carbocycles. The molecule has 2 aliphatic heterocycles. The summed E-state index contributed by atoms with van der Waals surface area (Å²) in [4.78, 5) is 16.8. The third kappa shape index (κ3) is 5.19. The minimum Gasteiger partial charge on any atom is -0.393 e. The summed E-state index contributed by atoms with van der Waals surface area (Å²) >= 11 is 0. The molecule has 25 heavy (non-hydrogen) atoms. The number of aliphatic hydroxyl groups is 1. The molecule has 2 saturated heterocycles. The van der Waals surface area contributed by atoms with E-state index in [4.69, 9.17) is 0 Å². The number of amides is 1. The fourth-order valence-corrected chi connectivity index (χ4v) is 4.02. The van der Waals surface area contributed by atoms with Gasteiger partial charge in [-0.3, -0.25) is 9.69 Å². The summed E-state index contributed by atoms with van der Waals surface area (Å²) in [5.74, 6) is 0.941. The first kappa shape index (κ1) is 18.2. The highest BCUT2D eigenvalue weighted by molar-refractivity contribution is 5.78. The summed E-state index contributed by atoms with van der Waals surface area (Å²) in [5, 5.41) is 12.9. The highest BCUT2D eigenvalue weighted by Gasteiger charge is 2.26. The molecule has 3 rings (SSSR count). The van der Waals surface area contributed by atoms with Crippen molar-refractivity contribution in [2.75, 3.05) is 44.2 Å². The molecule has 1 aromatic carbocycles. The number of carbonyl (C=O) groups excluding carboxylic acids is 1. The molecule has 0 bridgehead atoms. The normalized spacial score (nSPS) is 25.8. The Hall–Kier alpha value is -1.59. The maximum atomic E-state index is 12.3. The maximum absolute atomic E-state index is 12.3. The first-order valence-corrected chi connectivity index (χ1v) is 9.59. The van der Waals surface area contributed by atoms with Crippen molar-refractivity contribution >= 4 is 11.6 Å². The van der Waals surface area contributed by atoms with Gasteiger partial charge in [0.05, 0.1) is 12.6 Å². The molecule has 1 amide bonds. The van der Waals surface area contributed by atoms with Gasteiger partial charge >= 0.3 is 0 Å². The van der Waals surface area contributed by atoms with E-state index in [1.165, 1.54) is 5.69 Å². The van der Waals surface area contributed by atoms with Crippen LogP contribution in [0.3, 0.4) is 0 Å². The number of piperidine rings is 1. The summed E-state index contributed by atoms with van der Waals surface area (Å²) in [5.41, 5.74) is 1.27. The molecule has 138 valence electrons. The first-order chi connectivity index (χ1) is 12.1. The number of carbonyl (C=O) groups is 1. The summed E-state index contributed by atoms with van der Waals surface area (Å²) < 4.78 is 0. The van der Waals surface area contributed by atoms with Gasteiger partial charge in [-0.2, -0.15) is 0 Å². The van der Waals surface area contributed by atoms with Crippen LogP contribution in [0.1, 0.15) is 26.2 Å². The lowest BCUT2D eigenvalue weighted by atomic mass is 9.93. The Morgan fingerprint density at radius 1 is 1.24 bits per heavy atom. The molecule has 2 fully saturated rings. The van der Waals surface area contributed by atoms with Crippen LogP contribution in [0.15, 0.2) is 30.3 Å². The molecule has 3 atom stereocenters. The molecule has 2 aliphatic rings. The van der Waals surface area contributed by atoms with Crippen molar-refractivity contribution in [3.05, 3.63) is 30.3 Å². The zero-order valence-corrected chi connectivity index (χ0v) is 15.2. The molecule has 3 unspecified atom stereocenters. The van der Waals surface area contributed by atoms with Gasteiger partial charge in [-0.25, -0.2) is 0 Å². The quantitative estimate of drug-likeness (QED) is 0.824. The van der Waals surface area contributed by atoms with Gasteiger partial charge in [-0.05, 0) is 56.7 Å². The third-order valence-electron chi connectivity index (χ3n) is 5.59. The Bertz CT molecular complexity index is 549. The van der Waals surface area contributed by atoms with E-state index in [2.05, 4.69) is 39.4 Å². The first-order valence-electron chi connectivity index (χ1n) is 9.59. The number of para-hydroxylation sites is 1. The molecule has 1 aromatic rings. The van der Waals surface area contributed by atoms with Gasteiger partial charge in [0.15, 0.2) is 0 Å². The van der Waals surface area contributed by atoms with Crippen LogP contribution in [-0.4, -0.2) is 61.3 Å². The molecular formula is C20H31N3O2. The molecule has 0 aliphatic carbocycles. The van der Waals surface area contributed by atoms with Crippen molar-refractivity contribution in [2.24, 2.45) is 11.8 Å². The van der Waals surface area contributed by atoms with E-state index in [1.54, 1.807) is 0 Å². The van der Waals surface area contributed by atoms with Crippen molar-refractivity contribution in [3.8, 4) is 0 Å². The number of nitrogens with zero attached hydrogens (tertiary/aromatic N) is 2. The number of likely N-dealkylation sites (tertiary alicyclic amines) is 1. The third-order valence-corrected chi connectivity index (χ3v) is 5.59. The van der Waals surface area contributed by atoms with Crippen molar-refractivity contribution in [2.45, 2.75) is 32.3 Å². The van der Waals surface area contributed by atoms with Crippen LogP contribution in [-0.2, 0) is 4.79 Å². The molecule has 5 heteroatoms. The van der Waals surface area contributed by atoms with Crippen molar-refractivity contribution < 1.29 is 9.90 Å². The predicted molar refractivity (Wildman–Crippen MR) is 101 cm³/mol. The fraction of sp³-hybridized carbons (Fsp3) is 0.650. The molecule has 5 nitrogen and oxygen atoms in total. The zero-order chi connectivity index (χ0) is 17.6. The minimum atomic E-state index is -0.284. The fourth-order valence-electron chi connectivity index (χ4n) is 4.02. The largest absolute Gasteiger partial charge is 0.393 e. The maximum Gasteiger partial charge on any atom is 0.234 e. The van der Waals surface area contributed by atoms with E-state index in [0.29, 0.717) is 18.4 Å². The van der Waals surface area contributed by atoms with E-state index in [1.807, 2.05) is 13.0 Å². The number of rotatable bonds is 6. The van der Waals surface area contributed by atoms with Gasteiger partial charge in [0.1, 0.15) is 0 Å². The Labute approximate surface area is 151 Å². The lowest BCUT2D eigenvalue weighted by Crippen LogP contribution is -2.45. The predicted octanol–water partition coefficient (Wildman–Crippen LogP) is 1.72. The van der Waals surface area contributed by atoms with Crippen LogP contribution in [0.25, 0.3) is 0 Å². The Morgan fingerprint density at radius 2 is 2.04 bits per heavy atom. The number of benzene rings is 1. The summed E-state index contributed by atoms with van der Waals surface area (Å²) in [6.07, 6.45) is 2.97. The Balaban J connectivity index is 1.38. The second kappa shape index (κ2) is 8.68. The minimum absolute atomic E-state index is 0.115. The van der Waals surface area contributed by atoms with Gasteiger partial charge in [-0.1, -0.05) is 18.2 Å². The number of hydrogen-bond donors (Lipinski definition) is 2. The van der Waals surface area contributed by atoms with E-state index in [9.17, 15) is 9.90 Å². The lowest BCUT2D eigenvalue weighted by molar-refractivity contribution is -0.123. The van der Waals surface area contributed by atoms with Gasteiger partial charge in [0.2, 0.25) is 5.91 Å². The average molecular weight is 345 g/mol. The summed E-state index contributed by atoms with van der Waals surface area (Å²) in [6.45, 7) is 6.93. The van der Waals surface area contributed by atoms with E-state index < -0.39 is 0 Å². The average Bonchev–Trinajstić information content (AvgIpc) is 3.10. The van der Waals surface area contributed by atoms with Crippen molar-refractivity contribution in [1.29, 1.82) is 0 Å².